The molecule has 2 aromatic carbocycles. The number of benzene rings is 2. The molecule has 1 aliphatic heterocycles. The van der Waals surface area contributed by atoms with E-state index in [-0.39, 0.29) is 16.5 Å². The van der Waals surface area contributed by atoms with Crippen LogP contribution in [0.4, 0.5) is 8.78 Å². The van der Waals surface area contributed by atoms with E-state index in [2.05, 4.69) is 10.6 Å². The molecule has 0 unspecified atom stereocenters. The van der Waals surface area contributed by atoms with E-state index in [4.69, 9.17) is 23.2 Å². The lowest BCUT2D eigenvalue weighted by molar-refractivity contribution is -0.124. The molecule has 3 rings (SSSR count). The smallest absolute Gasteiger partial charge is 0.252 e. The maximum absolute atomic E-state index is 13.9. The largest absolute Gasteiger partial charge is 0.394 e. The van der Waals surface area contributed by atoms with Gasteiger partial charge in [0.2, 0.25) is 5.91 Å². The van der Waals surface area contributed by atoms with E-state index in [0.29, 0.717) is 36.8 Å². The molecule has 0 aliphatic carbocycles. The maximum atomic E-state index is 13.9. The number of halogens is 4. The van der Waals surface area contributed by atoms with Crippen molar-refractivity contribution in [2.45, 2.75) is 25.4 Å². The fraction of sp³-hybridized carbons (Fsp3) is 0.391. The number of carbonyl (C=O) groups excluding carboxylic acids is 2. The van der Waals surface area contributed by atoms with Crippen LogP contribution in [-0.2, 0) is 11.3 Å². The van der Waals surface area contributed by atoms with Crippen molar-refractivity contribution < 1.29 is 23.5 Å². The molecular weight excluding hydrogens is 475 g/mol. The van der Waals surface area contributed by atoms with Crippen LogP contribution >= 0.6 is 23.2 Å². The van der Waals surface area contributed by atoms with Crippen LogP contribution in [0.15, 0.2) is 36.4 Å². The van der Waals surface area contributed by atoms with Crippen molar-refractivity contribution in [1.29, 1.82) is 0 Å². The average Bonchev–Trinajstić information content (AvgIpc) is 2.81. The van der Waals surface area contributed by atoms with Gasteiger partial charge < -0.3 is 15.7 Å². The molecule has 1 aliphatic rings. The van der Waals surface area contributed by atoms with Crippen LogP contribution in [0, 0.1) is 17.6 Å². The van der Waals surface area contributed by atoms with Crippen LogP contribution in [-0.4, -0.2) is 54.1 Å². The molecular formula is C23H25Cl2F2N3O3. The second kappa shape index (κ2) is 11.7. The third-order valence-electron chi connectivity index (χ3n) is 5.68. The minimum atomic E-state index is -1.11. The van der Waals surface area contributed by atoms with Crippen molar-refractivity contribution in [3.63, 3.8) is 0 Å². The summed E-state index contributed by atoms with van der Waals surface area (Å²) in [5.74, 6) is -2.51. The van der Waals surface area contributed by atoms with Gasteiger partial charge in [-0.2, -0.15) is 0 Å². The molecule has 0 aromatic heterocycles. The summed E-state index contributed by atoms with van der Waals surface area (Å²) in [4.78, 5) is 26.9. The second-order valence-electron chi connectivity index (χ2n) is 8.02. The number of nitrogens with zero attached hydrogens (tertiary/aromatic N) is 1. The van der Waals surface area contributed by atoms with E-state index in [0.717, 1.165) is 18.9 Å². The lowest BCUT2D eigenvalue weighted by Gasteiger charge is -2.32. The summed E-state index contributed by atoms with van der Waals surface area (Å²) < 4.78 is 27.3. The fourth-order valence-electron chi connectivity index (χ4n) is 3.70. The van der Waals surface area contributed by atoms with Crippen molar-refractivity contribution in [2.24, 2.45) is 5.92 Å². The Bertz CT molecular complexity index is 1000. The minimum absolute atomic E-state index is 0.202. The van der Waals surface area contributed by atoms with E-state index in [1.807, 2.05) is 4.90 Å². The second-order valence-corrected chi connectivity index (χ2v) is 8.83. The molecule has 10 heteroatoms. The predicted octanol–water partition coefficient (Wildman–Crippen LogP) is 3.39. The van der Waals surface area contributed by atoms with E-state index < -0.39 is 36.1 Å². The monoisotopic (exact) mass is 499 g/mol. The summed E-state index contributed by atoms with van der Waals surface area (Å²) in [7, 11) is 0. The topological polar surface area (TPSA) is 81.7 Å². The number of hydrogen-bond donors (Lipinski definition) is 3. The van der Waals surface area contributed by atoms with Gasteiger partial charge in [-0.1, -0.05) is 35.3 Å². The molecule has 0 bridgehead atoms. The van der Waals surface area contributed by atoms with Gasteiger partial charge in [0.25, 0.3) is 5.91 Å². The summed E-state index contributed by atoms with van der Waals surface area (Å²) in [5.41, 5.74) is 0.544. The fourth-order valence-corrected chi connectivity index (χ4v) is 4.00. The van der Waals surface area contributed by atoms with Gasteiger partial charge in [0.05, 0.1) is 16.7 Å². The standard InChI is InChI=1S/C23H25Cl2F2N3O3/c24-17-5-4-15(10-18(17)25)22(32)29-20(13-31)23(33)28-11-14-6-8-30(9-7-14)12-16-2-1-3-19(26)21(16)27/h1-5,10,14,20,31H,6-9,11-13H2,(H,28,33)(H,29,32)/t20-/m0/s1. The first-order chi connectivity index (χ1) is 15.8. The van der Waals surface area contributed by atoms with Crippen molar-refractivity contribution in [2.75, 3.05) is 26.2 Å². The molecule has 1 saturated heterocycles. The van der Waals surface area contributed by atoms with Gasteiger partial charge in [0, 0.05) is 24.2 Å². The van der Waals surface area contributed by atoms with Gasteiger partial charge in [-0.15, -0.1) is 0 Å². The lowest BCUT2D eigenvalue weighted by Crippen LogP contribution is -2.50. The van der Waals surface area contributed by atoms with Crippen LogP contribution in [0.5, 0.6) is 0 Å². The van der Waals surface area contributed by atoms with Gasteiger partial charge in [-0.05, 0) is 56.1 Å². The highest BCUT2D eigenvalue weighted by Gasteiger charge is 2.24. The SMILES string of the molecule is O=C(N[C@@H](CO)C(=O)NCC1CCN(Cc2cccc(F)c2F)CC1)c1ccc(Cl)c(Cl)c1. The number of likely N-dealkylation sites (tertiary alicyclic amines) is 1. The molecule has 1 heterocycles. The van der Waals surface area contributed by atoms with Crippen LogP contribution in [0.3, 0.4) is 0 Å². The number of aliphatic hydroxyl groups is 1. The molecule has 3 N–H and O–H groups in total. The first-order valence-corrected chi connectivity index (χ1v) is 11.3. The number of rotatable bonds is 8. The van der Waals surface area contributed by atoms with E-state index in [1.54, 1.807) is 6.07 Å². The number of hydrogen-bond acceptors (Lipinski definition) is 4. The van der Waals surface area contributed by atoms with Crippen molar-refractivity contribution in [3.8, 4) is 0 Å². The summed E-state index contributed by atoms with van der Waals surface area (Å²) in [6.07, 6.45) is 1.55. The van der Waals surface area contributed by atoms with Crippen molar-refractivity contribution >= 4 is 35.0 Å². The third kappa shape index (κ3) is 6.86. The molecule has 2 aromatic rings. The molecule has 0 spiro atoms. The van der Waals surface area contributed by atoms with E-state index >= 15 is 0 Å². The normalized spacial score (nSPS) is 15.8. The minimum Gasteiger partial charge on any atom is -0.394 e. The first kappa shape index (κ1) is 25.4. The third-order valence-corrected chi connectivity index (χ3v) is 6.42. The Morgan fingerprint density at radius 1 is 1.12 bits per heavy atom. The zero-order valence-corrected chi connectivity index (χ0v) is 19.3. The molecule has 33 heavy (non-hydrogen) atoms. The first-order valence-electron chi connectivity index (χ1n) is 10.6. The molecule has 1 fully saturated rings. The average molecular weight is 500 g/mol. The summed E-state index contributed by atoms with van der Waals surface area (Å²) in [5, 5.41) is 15.3. The maximum Gasteiger partial charge on any atom is 0.252 e. The Morgan fingerprint density at radius 2 is 1.85 bits per heavy atom. The summed E-state index contributed by atoms with van der Waals surface area (Å²) >= 11 is 11.8. The van der Waals surface area contributed by atoms with Crippen molar-refractivity contribution in [1.82, 2.24) is 15.5 Å². The van der Waals surface area contributed by atoms with E-state index in [9.17, 15) is 23.5 Å². The molecule has 6 nitrogen and oxygen atoms in total. The van der Waals surface area contributed by atoms with Crippen molar-refractivity contribution in [3.05, 3.63) is 69.2 Å². The number of amides is 2. The van der Waals surface area contributed by atoms with Gasteiger partial charge in [0.1, 0.15) is 6.04 Å². The Morgan fingerprint density at radius 3 is 2.52 bits per heavy atom. The Balaban J connectivity index is 1.44. The predicted molar refractivity (Wildman–Crippen MR) is 122 cm³/mol. The van der Waals surface area contributed by atoms with Crippen LogP contribution in [0.1, 0.15) is 28.8 Å². The highest BCUT2D eigenvalue weighted by Crippen LogP contribution is 2.23. The zero-order valence-electron chi connectivity index (χ0n) is 17.8. The van der Waals surface area contributed by atoms with Gasteiger partial charge in [0.15, 0.2) is 11.6 Å². The zero-order chi connectivity index (χ0) is 24.0. The number of carbonyl (C=O) groups is 2. The highest BCUT2D eigenvalue weighted by atomic mass is 35.5. The highest BCUT2D eigenvalue weighted by molar-refractivity contribution is 6.42. The van der Waals surface area contributed by atoms with Gasteiger partial charge in [-0.3, -0.25) is 14.5 Å². The molecule has 178 valence electrons. The van der Waals surface area contributed by atoms with Gasteiger partial charge in [-0.25, -0.2) is 8.78 Å². The Kier molecular flexibility index (Phi) is 9.02. The number of nitrogens with one attached hydrogen (secondary N) is 2. The van der Waals surface area contributed by atoms with E-state index in [1.165, 1.54) is 24.3 Å². The summed E-state index contributed by atoms with van der Waals surface area (Å²) in [6.45, 7) is 1.54. The molecule has 0 saturated carbocycles. The molecule has 2 amide bonds. The van der Waals surface area contributed by atoms with Gasteiger partial charge >= 0.3 is 0 Å². The van der Waals surface area contributed by atoms with Crippen LogP contribution < -0.4 is 10.6 Å². The summed E-state index contributed by atoms with van der Waals surface area (Å²) in [6, 6.07) is 7.39. The lowest BCUT2D eigenvalue weighted by atomic mass is 9.96. The van der Waals surface area contributed by atoms with Crippen LogP contribution in [0.25, 0.3) is 0 Å². The van der Waals surface area contributed by atoms with Crippen LogP contribution in [0.2, 0.25) is 10.0 Å². The Hall–Kier alpha value is -2.26. The molecule has 1 atom stereocenters. The number of piperidine rings is 1. The Labute approximate surface area is 200 Å². The quantitative estimate of drug-likeness (QED) is 0.519. The molecule has 0 radical (unpaired) electrons. The number of aliphatic hydroxyl groups excluding tert-OH is 1.